The predicted octanol–water partition coefficient (Wildman–Crippen LogP) is 2.39. The van der Waals surface area contributed by atoms with Crippen LogP contribution in [0.2, 0.25) is 0 Å². The molecule has 0 saturated carbocycles. The number of aryl methyl sites for hydroxylation is 1. The van der Waals surface area contributed by atoms with Crippen molar-refractivity contribution in [3.05, 3.63) is 23.5 Å². The number of amides is 1. The van der Waals surface area contributed by atoms with Gasteiger partial charge >= 0.3 is 0 Å². The average Bonchev–Trinajstić information content (AvgIpc) is 2.37. The summed E-state index contributed by atoms with van der Waals surface area (Å²) in [6, 6.07) is 2.95. The SMILES string of the molecule is CCN(CC)C(=O)CCNc1cc(C)c(F)cc1N. The van der Waals surface area contributed by atoms with Crippen LogP contribution in [0.3, 0.4) is 0 Å². The number of hydrogen-bond acceptors (Lipinski definition) is 3. The summed E-state index contributed by atoms with van der Waals surface area (Å²) in [5, 5.41) is 3.08. The molecule has 1 amide bonds. The third-order valence-corrected chi connectivity index (χ3v) is 3.10. The number of halogens is 1. The largest absolute Gasteiger partial charge is 0.397 e. The van der Waals surface area contributed by atoms with Crippen molar-refractivity contribution in [3.8, 4) is 0 Å². The topological polar surface area (TPSA) is 58.4 Å². The summed E-state index contributed by atoms with van der Waals surface area (Å²) in [6.45, 7) is 7.51. The van der Waals surface area contributed by atoms with Crippen molar-refractivity contribution in [1.29, 1.82) is 0 Å². The molecule has 0 aliphatic carbocycles. The van der Waals surface area contributed by atoms with Crippen molar-refractivity contribution in [2.45, 2.75) is 27.2 Å². The van der Waals surface area contributed by atoms with Gasteiger partial charge in [0.05, 0.1) is 11.4 Å². The summed E-state index contributed by atoms with van der Waals surface area (Å²) >= 11 is 0. The number of carbonyl (C=O) groups excluding carboxylic acids is 1. The first kappa shape index (κ1) is 15.3. The number of anilines is 2. The van der Waals surface area contributed by atoms with Crippen molar-refractivity contribution in [1.82, 2.24) is 4.90 Å². The van der Waals surface area contributed by atoms with Gasteiger partial charge in [-0.2, -0.15) is 0 Å². The Hall–Kier alpha value is -1.78. The first-order chi connectivity index (χ1) is 8.99. The predicted molar refractivity (Wildman–Crippen MR) is 76.6 cm³/mol. The summed E-state index contributed by atoms with van der Waals surface area (Å²) in [4.78, 5) is 13.6. The molecule has 0 aromatic heterocycles. The number of nitrogens with two attached hydrogens (primary N) is 1. The first-order valence-electron chi connectivity index (χ1n) is 6.56. The van der Waals surface area contributed by atoms with Gasteiger partial charge in [0.15, 0.2) is 0 Å². The van der Waals surface area contributed by atoms with Crippen LogP contribution in [0, 0.1) is 12.7 Å². The van der Waals surface area contributed by atoms with Crippen LogP contribution < -0.4 is 11.1 Å². The summed E-state index contributed by atoms with van der Waals surface area (Å²) in [6.07, 6.45) is 0.400. The minimum absolute atomic E-state index is 0.106. The van der Waals surface area contributed by atoms with E-state index in [9.17, 15) is 9.18 Å². The highest BCUT2D eigenvalue weighted by atomic mass is 19.1. The Morgan fingerprint density at radius 2 is 2.00 bits per heavy atom. The van der Waals surface area contributed by atoms with Crippen LogP contribution in [-0.2, 0) is 4.79 Å². The second-order valence-electron chi connectivity index (χ2n) is 4.43. The van der Waals surface area contributed by atoms with E-state index in [0.717, 1.165) is 0 Å². The number of nitrogen functional groups attached to an aromatic ring is 1. The third kappa shape index (κ3) is 4.12. The summed E-state index contributed by atoms with van der Waals surface area (Å²) in [5.41, 5.74) is 7.29. The van der Waals surface area contributed by atoms with Crippen LogP contribution in [0.4, 0.5) is 15.8 Å². The lowest BCUT2D eigenvalue weighted by molar-refractivity contribution is -0.130. The van der Waals surface area contributed by atoms with Crippen LogP contribution in [0.1, 0.15) is 25.8 Å². The molecule has 0 aliphatic heterocycles. The van der Waals surface area contributed by atoms with E-state index in [1.54, 1.807) is 17.9 Å². The van der Waals surface area contributed by atoms with Crippen LogP contribution in [0.25, 0.3) is 0 Å². The lowest BCUT2D eigenvalue weighted by atomic mass is 10.2. The molecule has 0 bridgehead atoms. The summed E-state index contributed by atoms with van der Waals surface area (Å²) < 4.78 is 13.2. The van der Waals surface area contributed by atoms with Crippen LogP contribution in [0.15, 0.2) is 12.1 Å². The van der Waals surface area contributed by atoms with Crippen molar-refractivity contribution in [2.75, 3.05) is 30.7 Å². The second kappa shape index (κ2) is 6.97. The Balaban J connectivity index is 2.54. The van der Waals surface area contributed by atoms with Crippen LogP contribution in [-0.4, -0.2) is 30.4 Å². The number of benzene rings is 1. The number of carbonyl (C=O) groups is 1. The molecule has 1 aromatic carbocycles. The number of hydrogen-bond donors (Lipinski definition) is 2. The van der Waals surface area contributed by atoms with Gasteiger partial charge in [-0.25, -0.2) is 4.39 Å². The van der Waals surface area contributed by atoms with Gasteiger partial charge in [-0.05, 0) is 38.5 Å². The van der Waals surface area contributed by atoms with Crippen molar-refractivity contribution in [3.63, 3.8) is 0 Å². The number of nitrogens with zero attached hydrogens (tertiary/aromatic N) is 1. The smallest absolute Gasteiger partial charge is 0.224 e. The van der Waals surface area contributed by atoms with Crippen LogP contribution in [0.5, 0.6) is 0 Å². The number of rotatable bonds is 6. The maximum absolute atomic E-state index is 13.2. The fourth-order valence-corrected chi connectivity index (χ4v) is 1.89. The lowest BCUT2D eigenvalue weighted by Gasteiger charge is -2.19. The van der Waals surface area contributed by atoms with Gasteiger partial charge in [-0.1, -0.05) is 0 Å². The molecule has 3 N–H and O–H groups in total. The van der Waals surface area contributed by atoms with E-state index in [2.05, 4.69) is 5.32 Å². The van der Waals surface area contributed by atoms with E-state index >= 15 is 0 Å². The minimum Gasteiger partial charge on any atom is -0.397 e. The molecule has 0 unspecified atom stereocenters. The molecule has 19 heavy (non-hydrogen) atoms. The molecule has 5 heteroatoms. The third-order valence-electron chi connectivity index (χ3n) is 3.10. The molecule has 106 valence electrons. The van der Waals surface area contributed by atoms with Gasteiger partial charge < -0.3 is 16.0 Å². The summed E-state index contributed by atoms with van der Waals surface area (Å²) in [5.74, 6) is -0.211. The Morgan fingerprint density at radius 3 is 2.58 bits per heavy atom. The molecular formula is C14H22FN3O. The Kier molecular flexibility index (Phi) is 5.60. The molecule has 0 spiro atoms. The zero-order valence-corrected chi connectivity index (χ0v) is 11.8. The highest BCUT2D eigenvalue weighted by molar-refractivity contribution is 5.77. The van der Waals surface area contributed by atoms with Gasteiger partial charge in [-0.3, -0.25) is 4.79 Å². The fourth-order valence-electron chi connectivity index (χ4n) is 1.89. The van der Waals surface area contributed by atoms with Gasteiger partial charge in [-0.15, -0.1) is 0 Å². The van der Waals surface area contributed by atoms with E-state index in [1.165, 1.54) is 6.07 Å². The van der Waals surface area contributed by atoms with Crippen molar-refractivity contribution >= 4 is 17.3 Å². The van der Waals surface area contributed by atoms with E-state index in [-0.39, 0.29) is 11.7 Å². The average molecular weight is 267 g/mol. The van der Waals surface area contributed by atoms with Gasteiger partial charge in [0, 0.05) is 26.1 Å². The van der Waals surface area contributed by atoms with Gasteiger partial charge in [0.1, 0.15) is 5.82 Å². The van der Waals surface area contributed by atoms with E-state index in [1.807, 2.05) is 13.8 Å². The van der Waals surface area contributed by atoms with Gasteiger partial charge in [0.25, 0.3) is 0 Å². The molecule has 0 heterocycles. The molecule has 1 rings (SSSR count). The molecule has 1 aromatic rings. The highest BCUT2D eigenvalue weighted by Crippen LogP contribution is 2.22. The summed E-state index contributed by atoms with van der Waals surface area (Å²) in [7, 11) is 0. The van der Waals surface area contributed by atoms with Crippen molar-refractivity contribution < 1.29 is 9.18 Å². The zero-order chi connectivity index (χ0) is 14.4. The molecular weight excluding hydrogens is 245 g/mol. The molecule has 0 atom stereocenters. The highest BCUT2D eigenvalue weighted by Gasteiger charge is 2.09. The Labute approximate surface area is 113 Å². The Morgan fingerprint density at radius 1 is 1.37 bits per heavy atom. The standard InChI is InChI=1S/C14H22FN3O/c1-4-18(5-2)14(19)6-7-17-13-8-10(3)11(15)9-12(13)16/h8-9,17H,4-7,16H2,1-3H3. The first-order valence-corrected chi connectivity index (χ1v) is 6.56. The normalized spacial score (nSPS) is 10.3. The molecule has 0 radical (unpaired) electrons. The van der Waals surface area contributed by atoms with Crippen molar-refractivity contribution in [2.24, 2.45) is 0 Å². The zero-order valence-electron chi connectivity index (χ0n) is 11.8. The quantitative estimate of drug-likeness (QED) is 0.778. The lowest BCUT2D eigenvalue weighted by Crippen LogP contribution is -2.31. The maximum Gasteiger partial charge on any atom is 0.224 e. The minimum atomic E-state index is -0.317. The maximum atomic E-state index is 13.2. The van der Waals surface area contributed by atoms with E-state index in [4.69, 9.17) is 5.73 Å². The van der Waals surface area contributed by atoms with E-state index in [0.29, 0.717) is 43.0 Å². The molecule has 0 fully saturated rings. The Bertz CT molecular complexity index is 445. The second-order valence-corrected chi connectivity index (χ2v) is 4.43. The number of nitrogens with one attached hydrogen (secondary N) is 1. The molecule has 0 aliphatic rings. The van der Waals surface area contributed by atoms with Gasteiger partial charge in [0.2, 0.25) is 5.91 Å². The monoisotopic (exact) mass is 267 g/mol. The fraction of sp³-hybridized carbons (Fsp3) is 0.500. The van der Waals surface area contributed by atoms with E-state index < -0.39 is 0 Å². The van der Waals surface area contributed by atoms with Crippen LogP contribution >= 0.6 is 0 Å². The molecule has 4 nitrogen and oxygen atoms in total. The molecule has 0 saturated heterocycles.